The van der Waals surface area contributed by atoms with Crippen molar-refractivity contribution in [1.82, 2.24) is 24.7 Å². The van der Waals surface area contributed by atoms with Gasteiger partial charge in [0.15, 0.2) is 17.6 Å². The standard InChI is InChI=1S/C27H24N6O8S/c28-25-22-19(12-18(29-25)16-10-9-14-5-1-2-6-15(14)11-16)33(32-30-22)27-24(36)23(35)21(41-27)13-40-42(38,39)31-26(37)17-7-3-4-8-20(17)34/h1-12,21,23-24,27,34-36H,13H2,(H2,28,29)(H,31,37)/t21-,23-,24-,27-/m1/s1. The molecule has 1 aliphatic rings. The fourth-order valence-corrected chi connectivity index (χ4v) is 5.45. The second-order valence-electron chi connectivity index (χ2n) is 9.59. The van der Waals surface area contributed by atoms with Crippen molar-refractivity contribution in [3.8, 4) is 17.0 Å². The number of anilines is 1. The number of phenols is 1. The Morgan fingerprint density at radius 3 is 2.55 bits per heavy atom. The fourth-order valence-electron chi connectivity index (χ4n) is 4.74. The minimum atomic E-state index is -4.68. The number of amides is 1. The van der Waals surface area contributed by atoms with Crippen molar-refractivity contribution in [2.45, 2.75) is 24.5 Å². The first-order valence-corrected chi connectivity index (χ1v) is 14.0. The molecule has 0 spiro atoms. The summed E-state index contributed by atoms with van der Waals surface area (Å²) in [5.74, 6) is -1.46. The van der Waals surface area contributed by atoms with Gasteiger partial charge in [-0.2, -0.15) is 8.42 Å². The van der Waals surface area contributed by atoms with Crippen molar-refractivity contribution >= 4 is 43.8 Å². The van der Waals surface area contributed by atoms with Gasteiger partial charge in [0.2, 0.25) is 0 Å². The second kappa shape index (κ2) is 10.6. The zero-order chi connectivity index (χ0) is 29.6. The van der Waals surface area contributed by atoms with Crippen LogP contribution in [0.4, 0.5) is 5.82 Å². The van der Waals surface area contributed by atoms with Crippen molar-refractivity contribution in [3.63, 3.8) is 0 Å². The van der Waals surface area contributed by atoms with E-state index in [0.717, 1.165) is 16.3 Å². The van der Waals surface area contributed by atoms with Gasteiger partial charge in [0.1, 0.15) is 24.1 Å². The highest BCUT2D eigenvalue weighted by Gasteiger charge is 2.45. The Kier molecular flexibility index (Phi) is 6.96. The number of carbonyl (C=O) groups excluding carboxylic acids is 1. The molecule has 4 atom stereocenters. The van der Waals surface area contributed by atoms with E-state index in [9.17, 15) is 28.5 Å². The number of aromatic nitrogens is 4. The van der Waals surface area contributed by atoms with Gasteiger partial charge >= 0.3 is 10.3 Å². The molecule has 2 aromatic heterocycles. The maximum atomic E-state index is 12.4. The number of ether oxygens (including phenoxy) is 1. The number of para-hydroxylation sites is 1. The number of phenolic OH excluding ortho intramolecular Hbond substituents is 1. The van der Waals surface area contributed by atoms with E-state index in [-0.39, 0.29) is 16.9 Å². The minimum absolute atomic E-state index is 0.0844. The Morgan fingerprint density at radius 1 is 1.02 bits per heavy atom. The molecule has 0 unspecified atom stereocenters. The van der Waals surface area contributed by atoms with Crippen molar-refractivity contribution in [3.05, 3.63) is 78.4 Å². The summed E-state index contributed by atoms with van der Waals surface area (Å²) in [5, 5.41) is 41.3. The van der Waals surface area contributed by atoms with Crippen LogP contribution in [-0.2, 0) is 19.2 Å². The van der Waals surface area contributed by atoms with Crippen molar-refractivity contribution in [2.75, 3.05) is 12.3 Å². The monoisotopic (exact) mass is 592 g/mol. The molecule has 3 heterocycles. The third-order valence-corrected chi connectivity index (χ3v) is 7.75. The lowest BCUT2D eigenvalue weighted by Gasteiger charge is -2.16. The largest absolute Gasteiger partial charge is 0.507 e. The topological polar surface area (TPSA) is 212 Å². The summed E-state index contributed by atoms with van der Waals surface area (Å²) in [6.45, 7) is -0.753. The van der Waals surface area contributed by atoms with E-state index in [0.29, 0.717) is 11.2 Å². The van der Waals surface area contributed by atoms with Crippen LogP contribution in [-0.4, -0.2) is 74.5 Å². The average Bonchev–Trinajstić information content (AvgIpc) is 3.52. The van der Waals surface area contributed by atoms with Crippen LogP contribution in [0.3, 0.4) is 0 Å². The van der Waals surface area contributed by atoms with Crippen LogP contribution in [0.25, 0.3) is 33.1 Å². The minimum Gasteiger partial charge on any atom is -0.507 e. The molecule has 0 saturated carbocycles. The van der Waals surface area contributed by atoms with Crippen LogP contribution in [0.2, 0.25) is 0 Å². The number of rotatable bonds is 7. The van der Waals surface area contributed by atoms with Gasteiger partial charge < -0.3 is 25.8 Å². The van der Waals surface area contributed by atoms with E-state index in [1.807, 2.05) is 42.5 Å². The lowest BCUT2D eigenvalue weighted by Crippen LogP contribution is -2.37. The van der Waals surface area contributed by atoms with E-state index < -0.39 is 53.1 Å². The zero-order valence-electron chi connectivity index (χ0n) is 21.6. The number of nitrogens with zero attached hydrogens (tertiary/aromatic N) is 4. The number of hydrogen-bond donors (Lipinski definition) is 5. The van der Waals surface area contributed by atoms with Crippen molar-refractivity contribution < 1.29 is 37.5 Å². The van der Waals surface area contributed by atoms with Crippen LogP contribution in [0.15, 0.2) is 72.8 Å². The number of fused-ring (bicyclic) bond motifs is 2. The van der Waals surface area contributed by atoms with Gasteiger partial charge in [0.05, 0.1) is 23.4 Å². The fraction of sp³-hybridized carbons (Fsp3) is 0.185. The Bertz CT molecular complexity index is 1930. The molecular formula is C27H24N6O8S. The molecule has 15 heteroatoms. The quantitative estimate of drug-likeness (QED) is 0.181. The number of nitrogen functional groups attached to an aromatic ring is 1. The molecule has 6 N–H and O–H groups in total. The summed E-state index contributed by atoms with van der Waals surface area (Å²) in [6, 6.07) is 20.6. The third-order valence-electron chi connectivity index (χ3n) is 6.86. The molecule has 3 aromatic carbocycles. The second-order valence-corrected chi connectivity index (χ2v) is 10.9. The van der Waals surface area contributed by atoms with Gasteiger partial charge in [-0.25, -0.2) is 14.4 Å². The molecule has 42 heavy (non-hydrogen) atoms. The van der Waals surface area contributed by atoms with E-state index in [1.54, 1.807) is 10.8 Å². The summed E-state index contributed by atoms with van der Waals surface area (Å²) < 4.78 is 38.2. The number of benzene rings is 3. The molecule has 14 nitrogen and oxygen atoms in total. The van der Waals surface area contributed by atoms with Crippen LogP contribution in [0, 0.1) is 0 Å². The lowest BCUT2D eigenvalue weighted by molar-refractivity contribution is -0.0533. The summed E-state index contributed by atoms with van der Waals surface area (Å²) in [7, 11) is -4.68. The molecule has 0 aliphatic carbocycles. The average molecular weight is 593 g/mol. The number of pyridine rings is 1. The van der Waals surface area contributed by atoms with E-state index in [2.05, 4.69) is 15.3 Å². The highest BCUT2D eigenvalue weighted by Crippen LogP contribution is 2.34. The highest BCUT2D eigenvalue weighted by atomic mass is 32.2. The first-order chi connectivity index (χ1) is 20.1. The third kappa shape index (κ3) is 5.10. The number of aliphatic hydroxyl groups excluding tert-OH is 2. The molecule has 1 aliphatic heterocycles. The predicted octanol–water partition coefficient (Wildman–Crippen LogP) is 1.24. The number of aromatic hydroxyl groups is 1. The summed E-state index contributed by atoms with van der Waals surface area (Å²) >= 11 is 0. The van der Waals surface area contributed by atoms with E-state index >= 15 is 0 Å². The maximum absolute atomic E-state index is 12.4. The van der Waals surface area contributed by atoms with Gasteiger partial charge in [-0.3, -0.25) is 8.98 Å². The van der Waals surface area contributed by atoms with Gasteiger partial charge in [-0.15, -0.1) is 5.10 Å². The summed E-state index contributed by atoms with van der Waals surface area (Å²) in [4.78, 5) is 16.7. The van der Waals surface area contributed by atoms with E-state index in [1.165, 1.54) is 28.9 Å². The van der Waals surface area contributed by atoms with Gasteiger partial charge in [-0.1, -0.05) is 53.7 Å². The summed E-state index contributed by atoms with van der Waals surface area (Å²) in [5.41, 5.74) is 7.76. The van der Waals surface area contributed by atoms with Gasteiger partial charge in [-0.05, 0) is 35.0 Å². The number of hydrogen-bond acceptors (Lipinski definition) is 12. The van der Waals surface area contributed by atoms with Crippen LogP contribution in [0.5, 0.6) is 5.75 Å². The first kappa shape index (κ1) is 27.5. The Morgan fingerprint density at radius 2 is 1.76 bits per heavy atom. The molecule has 6 rings (SSSR count). The van der Waals surface area contributed by atoms with Crippen LogP contribution in [0.1, 0.15) is 16.6 Å². The predicted molar refractivity (Wildman–Crippen MR) is 149 cm³/mol. The Hall–Kier alpha value is -4.67. The van der Waals surface area contributed by atoms with Gasteiger partial charge in [0.25, 0.3) is 5.91 Å². The number of carbonyl (C=O) groups is 1. The van der Waals surface area contributed by atoms with Crippen LogP contribution >= 0.6 is 0 Å². The molecule has 1 saturated heterocycles. The molecule has 1 amide bonds. The molecule has 216 valence electrons. The zero-order valence-corrected chi connectivity index (χ0v) is 22.4. The van der Waals surface area contributed by atoms with E-state index in [4.69, 9.17) is 14.7 Å². The van der Waals surface area contributed by atoms with Crippen molar-refractivity contribution in [1.29, 1.82) is 0 Å². The maximum Gasteiger partial charge on any atom is 0.362 e. The molecule has 0 radical (unpaired) electrons. The Labute approximate surface area is 238 Å². The molecule has 5 aromatic rings. The highest BCUT2D eigenvalue weighted by molar-refractivity contribution is 7.85. The smallest absolute Gasteiger partial charge is 0.362 e. The SMILES string of the molecule is Nc1nc(-c2ccc3ccccc3c2)cc2c1nnn2[C@@H]1O[C@H](COS(=O)(=O)NC(=O)c2ccccc2O)[C@@H](O)[C@H]1O. The Balaban J connectivity index is 1.21. The molecule has 1 fully saturated rings. The summed E-state index contributed by atoms with van der Waals surface area (Å²) in [6.07, 6.45) is -5.76. The lowest BCUT2D eigenvalue weighted by atomic mass is 10.0. The van der Waals surface area contributed by atoms with Crippen LogP contribution < -0.4 is 10.5 Å². The first-order valence-electron chi connectivity index (χ1n) is 12.6. The van der Waals surface area contributed by atoms with Crippen molar-refractivity contribution in [2.24, 2.45) is 0 Å². The number of aliphatic hydroxyl groups is 2. The number of nitrogens with one attached hydrogen (secondary N) is 1. The molecule has 0 bridgehead atoms. The normalized spacial score (nSPS) is 20.7. The number of nitrogens with two attached hydrogens (primary N) is 1. The molecular weight excluding hydrogens is 568 g/mol. The van der Waals surface area contributed by atoms with Gasteiger partial charge in [0, 0.05) is 5.56 Å².